The third-order valence-electron chi connectivity index (χ3n) is 3.88. The van der Waals surface area contributed by atoms with Crippen LogP contribution in [0.25, 0.3) is 11.6 Å². The van der Waals surface area contributed by atoms with Crippen molar-refractivity contribution >= 4 is 9.84 Å². The standard InChI is InChI=1S/C14H18N2O3S/c1-10-7-13(19-11(10)2)14-15-4-5-16(14)8-12-3-6-20(17,18)9-12/h4-5,7,12H,3,6,8-9H2,1-2H3. The van der Waals surface area contributed by atoms with E-state index in [0.29, 0.717) is 12.3 Å². The summed E-state index contributed by atoms with van der Waals surface area (Å²) in [7, 11) is -2.84. The molecule has 20 heavy (non-hydrogen) atoms. The van der Waals surface area contributed by atoms with Crippen LogP contribution in [0, 0.1) is 19.8 Å². The Bertz CT molecular complexity index is 708. The maximum atomic E-state index is 11.5. The van der Waals surface area contributed by atoms with Gasteiger partial charge in [0, 0.05) is 18.9 Å². The Hall–Kier alpha value is -1.56. The average molecular weight is 294 g/mol. The lowest BCUT2D eigenvalue weighted by molar-refractivity contribution is 0.483. The van der Waals surface area contributed by atoms with Gasteiger partial charge in [0.15, 0.2) is 21.4 Å². The van der Waals surface area contributed by atoms with Gasteiger partial charge in [-0.25, -0.2) is 13.4 Å². The second kappa shape index (κ2) is 4.77. The molecule has 0 radical (unpaired) electrons. The van der Waals surface area contributed by atoms with E-state index in [1.165, 1.54) is 0 Å². The molecule has 0 N–H and O–H groups in total. The van der Waals surface area contributed by atoms with Gasteiger partial charge in [-0.05, 0) is 37.8 Å². The number of sulfone groups is 1. The van der Waals surface area contributed by atoms with E-state index in [-0.39, 0.29) is 11.7 Å². The van der Waals surface area contributed by atoms with Gasteiger partial charge in [0.05, 0.1) is 11.5 Å². The van der Waals surface area contributed by atoms with Crippen molar-refractivity contribution in [3.63, 3.8) is 0 Å². The second-order valence-electron chi connectivity index (χ2n) is 5.52. The largest absolute Gasteiger partial charge is 0.458 e. The number of hydrogen-bond acceptors (Lipinski definition) is 4. The SMILES string of the molecule is Cc1cc(-c2nccn2CC2CCS(=O)(=O)C2)oc1C. The van der Waals surface area contributed by atoms with E-state index in [4.69, 9.17) is 4.42 Å². The van der Waals surface area contributed by atoms with Crippen molar-refractivity contribution in [2.45, 2.75) is 26.8 Å². The zero-order valence-corrected chi connectivity index (χ0v) is 12.5. The van der Waals surface area contributed by atoms with Gasteiger partial charge in [0.1, 0.15) is 5.76 Å². The predicted octanol–water partition coefficient (Wildman–Crippen LogP) is 2.19. The van der Waals surface area contributed by atoms with Crippen LogP contribution in [0.2, 0.25) is 0 Å². The summed E-state index contributed by atoms with van der Waals surface area (Å²) in [6, 6.07) is 1.97. The number of rotatable bonds is 3. The molecule has 0 saturated carbocycles. The van der Waals surface area contributed by atoms with Gasteiger partial charge in [-0.2, -0.15) is 0 Å². The van der Waals surface area contributed by atoms with Gasteiger partial charge in [-0.3, -0.25) is 0 Å². The molecule has 1 atom stereocenters. The molecule has 3 heterocycles. The average Bonchev–Trinajstić information content (AvgIpc) is 3.02. The van der Waals surface area contributed by atoms with Crippen molar-refractivity contribution in [1.82, 2.24) is 9.55 Å². The fourth-order valence-electron chi connectivity index (χ4n) is 2.66. The van der Waals surface area contributed by atoms with E-state index < -0.39 is 9.84 Å². The van der Waals surface area contributed by atoms with Crippen LogP contribution in [0.5, 0.6) is 0 Å². The lowest BCUT2D eigenvalue weighted by Gasteiger charge is -2.10. The number of hydrogen-bond donors (Lipinski definition) is 0. The number of furan rings is 1. The van der Waals surface area contributed by atoms with Crippen LogP contribution in [0.15, 0.2) is 22.9 Å². The van der Waals surface area contributed by atoms with Crippen LogP contribution >= 0.6 is 0 Å². The molecular weight excluding hydrogens is 276 g/mol. The van der Waals surface area contributed by atoms with Gasteiger partial charge in [0.2, 0.25) is 0 Å². The van der Waals surface area contributed by atoms with E-state index in [1.807, 2.05) is 30.7 Å². The lowest BCUT2D eigenvalue weighted by Crippen LogP contribution is -2.12. The normalized spacial score (nSPS) is 21.4. The van der Waals surface area contributed by atoms with Crippen LogP contribution in [-0.2, 0) is 16.4 Å². The Morgan fingerprint density at radius 3 is 2.85 bits per heavy atom. The first-order chi connectivity index (χ1) is 9.44. The molecule has 0 amide bonds. The molecule has 2 aromatic rings. The van der Waals surface area contributed by atoms with Crippen molar-refractivity contribution in [2.75, 3.05) is 11.5 Å². The molecule has 108 valence electrons. The minimum absolute atomic E-state index is 0.171. The molecule has 1 unspecified atom stereocenters. The Morgan fingerprint density at radius 2 is 2.25 bits per heavy atom. The summed E-state index contributed by atoms with van der Waals surface area (Å²) in [6.07, 6.45) is 4.34. The Morgan fingerprint density at radius 1 is 1.45 bits per heavy atom. The van der Waals surface area contributed by atoms with E-state index >= 15 is 0 Å². The number of aromatic nitrogens is 2. The number of imidazole rings is 1. The maximum Gasteiger partial charge on any atom is 0.176 e. The fourth-order valence-corrected chi connectivity index (χ4v) is 4.51. The third-order valence-corrected chi connectivity index (χ3v) is 5.72. The second-order valence-corrected chi connectivity index (χ2v) is 7.75. The number of aryl methyl sites for hydroxylation is 2. The van der Waals surface area contributed by atoms with Crippen LogP contribution in [0.4, 0.5) is 0 Å². The van der Waals surface area contributed by atoms with Gasteiger partial charge in [-0.15, -0.1) is 0 Å². The summed E-state index contributed by atoms with van der Waals surface area (Å²) in [4.78, 5) is 4.34. The predicted molar refractivity (Wildman–Crippen MR) is 76.2 cm³/mol. The molecule has 1 aliphatic heterocycles. The highest BCUT2D eigenvalue weighted by Crippen LogP contribution is 2.26. The molecule has 1 saturated heterocycles. The minimum Gasteiger partial charge on any atom is -0.458 e. The topological polar surface area (TPSA) is 65.1 Å². The summed E-state index contributed by atoms with van der Waals surface area (Å²) >= 11 is 0. The van der Waals surface area contributed by atoms with Crippen LogP contribution in [-0.4, -0.2) is 29.5 Å². The first-order valence-electron chi connectivity index (χ1n) is 6.73. The first-order valence-corrected chi connectivity index (χ1v) is 8.56. The van der Waals surface area contributed by atoms with Gasteiger partial charge in [0.25, 0.3) is 0 Å². The molecule has 0 aromatic carbocycles. The van der Waals surface area contributed by atoms with Crippen LogP contribution in [0.1, 0.15) is 17.7 Å². The highest BCUT2D eigenvalue weighted by Gasteiger charge is 2.28. The van der Waals surface area contributed by atoms with Gasteiger partial charge < -0.3 is 8.98 Å². The molecule has 5 nitrogen and oxygen atoms in total. The molecule has 1 fully saturated rings. The van der Waals surface area contributed by atoms with Gasteiger partial charge in [-0.1, -0.05) is 0 Å². The van der Waals surface area contributed by atoms with E-state index in [2.05, 4.69) is 4.98 Å². The highest BCUT2D eigenvalue weighted by atomic mass is 32.2. The Balaban J connectivity index is 1.84. The number of nitrogens with zero attached hydrogens (tertiary/aromatic N) is 2. The summed E-state index contributed by atoms with van der Waals surface area (Å²) < 4.78 is 30.8. The highest BCUT2D eigenvalue weighted by molar-refractivity contribution is 7.91. The molecule has 3 rings (SSSR count). The van der Waals surface area contributed by atoms with Crippen molar-refractivity contribution < 1.29 is 12.8 Å². The lowest BCUT2D eigenvalue weighted by atomic mass is 10.1. The van der Waals surface area contributed by atoms with Crippen molar-refractivity contribution in [3.05, 3.63) is 29.8 Å². The molecule has 6 heteroatoms. The third kappa shape index (κ3) is 2.52. The van der Waals surface area contributed by atoms with Crippen molar-refractivity contribution in [2.24, 2.45) is 5.92 Å². The molecule has 0 aliphatic carbocycles. The summed E-state index contributed by atoms with van der Waals surface area (Å²) in [6.45, 7) is 4.60. The Labute approximate surface area is 118 Å². The summed E-state index contributed by atoms with van der Waals surface area (Å²) in [5.74, 6) is 3.15. The van der Waals surface area contributed by atoms with Crippen LogP contribution < -0.4 is 0 Å². The molecular formula is C14H18N2O3S. The minimum atomic E-state index is -2.84. The molecule has 2 aromatic heterocycles. The summed E-state index contributed by atoms with van der Waals surface area (Å²) in [5, 5.41) is 0. The zero-order valence-electron chi connectivity index (χ0n) is 11.7. The monoisotopic (exact) mass is 294 g/mol. The van der Waals surface area contributed by atoms with Crippen molar-refractivity contribution in [3.8, 4) is 11.6 Å². The van der Waals surface area contributed by atoms with Gasteiger partial charge >= 0.3 is 0 Å². The van der Waals surface area contributed by atoms with E-state index in [9.17, 15) is 8.42 Å². The Kier molecular flexibility index (Phi) is 3.20. The van der Waals surface area contributed by atoms with E-state index in [0.717, 1.165) is 29.3 Å². The molecule has 1 aliphatic rings. The first kappa shape index (κ1) is 13.4. The summed E-state index contributed by atoms with van der Waals surface area (Å²) in [5.41, 5.74) is 1.10. The smallest absolute Gasteiger partial charge is 0.176 e. The quantitative estimate of drug-likeness (QED) is 0.870. The molecule has 0 spiro atoms. The molecule has 0 bridgehead atoms. The fraction of sp³-hybridized carbons (Fsp3) is 0.500. The van der Waals surface area contributed by atoms with E-state index in [1.54, 1.807) is 6.20 Å². The maximum absolute atomic E-state index is 11.5. The zero-order chi connectivity index (χ0) is 14.3. The van der Waals surface area contributed by atoms with Crippen LogP contribution in [0.3, 0.4) is 0 Å². The van der Waals surface area contributed by atoms with Crippen molar-refractivity contribution in [1.29, 1.82) is 0 Å².